The van der Waals surface area contributed by atoms with E-state index in [9.17, 15) is 5.11 Å². The van der Waals surface area contributed by atoms with Crippen molar-refractivity contribution in [3.05, 3.63) is 83.6 Å². The molecule has 2 aromatic heterocycles. The van der Waals surface area contributed by atoms with Crippen molar-refractivity contribution in [3.8, 4) is 33.9 Å². The number of hydrogen-bond acceptors (Lipinski definition) is 3. The van der Waals surface area contributed by atoms with Crippen molar-refractivity contribution in [2.75, 3.05) is 0 Å². The van der Waals surface area contributed by atoms with E-state index in [2.05, 4.69) is 9.97 Å². The van der Waals surface area contributed by atoms with Gasteiger partial charge in [-0.05, 0) is 23.8 Å². The molecular formula is C21H16ClN3O. The Balaban J connectivity index is 1.90. The average Bonchev–Trinajstić information content (AvgIpc) is 3.15. The van der Waals surface area contributed by atoms with E-state index in [0.717, 1.165) is 33.9 Å². The minimum Gasteiger partial charge on any atom is -0.392 e. The first-order chi connectivity index (χ1) is 12.8. The van der Waals surface area contributed by atoms with Crippen LogP contribution in [0.3, 0.4) is 0 Å². The summed E-state index contributed by atoms with van der Waals surface area (Å²) >= 11 is 6.29. The third kappa shape index (κ3) is 3.12. The molecular weight excluding hydrogens is 346 g/mol. The summed E-state index contributed by atoms with van der Waals surface area (Å²) in [5, 5.41) is 9.88. The molecule has 128 valence electrons. The third-order valence-electron chi connectivity index (χ3n) is 4.22. The van der Waals surface area contributed by atoms with E-state index in [4.69, 9.17) is 16.6 Å². The lowest BCUT2D eigenvalue weighted by molar-refractivity contribution is 0.282. The average molecular weight is 362 g/mol. The molecule has 0 radical (unpaired) electrons. The van der Waals surface area contributed by atoms with Crippen molar-refractivity contribution in [3.63, 3.8) is 0 Å². The Labute approximate surface area is 156 Å². The zero-order valence-corrected chi connectivity index (χ0v) is 14.6. The second-order valence-corrected chi connectivity index (χ2v) is 6.28. The second kappa shape index (κ2) is 7.12. The van der Waals surface area contributed by atoms with Crippen LogP contribution in [0.2, 0.25) is 5.02 Å². The molecule has 0 aliphatic rings. The summed E-state index contributed by atoms with van der Waals surface area (Å²) in [5.74, 6) is 0.787. The van der Waals surface area contributed by atoms with E-state index in [1.54, 1.807) is 12.4 Å². The first kappa shape index (κ1) is 16.5. The van der Waals surface area contributed by atoms with Gasteiger partial charge in [0.15, 0.2) is 0 Å². The summed E-state index contributed by atoms with van der Waals surface area (Å²) in [6, 6.07) is 19.4. The number of aliphatic hydroxyl groups is 1. The molecule has 4 rings (SSSR count). The van der Waals surface area contributed by atoms with Crippen LogP contribution < -0.4 is 0 Å². The Bertz CT molecular complexity index is 1030. The first-order valence-corrected chi connectivity index (χ1v) is 8.59. The fraction of sp³-hybridized carbons (Fsp3) is 0.0476. The zero-order chi connectivity index (χ0) is 17.9. The molecule has 0 spiro atoms. The monoisotopic (exact) mass is 361 g/mol. The van der Waals surface area contributed by atoms with Gasteiger partial charge in [-0.3, -0.25) is 4.98 Å². The summed E-state index contributed by atoms with van der Waals surface area (Å²) in [7, 11) is 0. The van der Waals surface area contributed by atoms with Crippen molar-refractivity contribution in [2.45, 2.75) is 6.61 Å². The summed E-state index contributed by atoms with van der Waals surface area (Å²) in [5.41, 5.74) is 5.29. The standard InChI is InChI=1S/C21H16ClN3O/c22-18-12-16(6-7-17(18)13-26)20-19(14-8-10-23-11-9-14)24-21(25-20)15-4-2-1-3-5-15/h1-12,26H,13H2,(H,24,25). The summed E-state index contributed by atoms with van der Waals surface area (Å²) in [4.78, 5) is 12.3. The molecule has 5 heteroatoms. The number of pyridine rings is 1. The third-order valence-corrected chi connectivity index (χ3v) is 4.57. The number of imidazole rings is 1. The fourth-order valence-corrected chi connectivity index (χ4v) is 3.11. The van der Waals surface area contributed by atoms with Gasteiger partial charge in [-0.1, -0.05) is 54.1 Å². The Hall–Kier alpha value is -2.95. The maximum Gasteiger partial charge on any atom is 0.138 e. The maximum absolute atomic E-state index is 9.35. The number of nitrogens with one attached hydrogen (secondary N) is 1. The molecule has 0 aliphatic heterocycles. The van der Waals surface area contributed by atoms with Gasteiger partial charge in [0.2, 0.25) is 0 Å². The smallest absolute Gasteiger partial charge is 0.138 e. The van der Waals surface area contributed by atoms with Crippen molar-refractivity contribution in [2.24, 2.45) is 0 Å². The molecule has 0 unspecified atom stereocenters. The normalized spacial score (nSPS) is 10.8. The van der Waals surface area contributed by atoms with Crippen LogP contribution in [0.1, 0.15) is 5.56 Å². The van der Waals surface area contributed by atoms with Crippen LogP contribution >= 0.6 is 11.6 Å². The number of H-pyrrole nitrogens is 1. The molecule has 2 heterocycles. The van der Waals surface area contributed by atoms with Gasteiger partial charge in [-0.2, -0.15) is 0 Å². The van der Waals surface area contributed by atoms with Crippen LogP contribution in [0.4, 0.5) is 0 Å². The number of rotatable bonds is 4. The van der Waals surface area contributed by atoms with E-state index < -0.39 is 0 Å². The molecule has 2 N–H and O–H groups in total. The molecule has 2 aromatic carbocycles. The number of aromatic amines is 1. The minimum absolute atomic E-state index is 0.0911. The highest BCUT2D eigenvalue weighted by molar-refractivity contribution is 6.31. The van der Waals surface area contributed by atoms with Crippen LogP contribution in [-0.4, -0.2) is 20.1 Å². The predicted molar refractivity (Wildman–Crippen MR) is 104 cm³/mol. The molecule has 0 aliphatic carbocycles. The second-order valence-electron chi connectivity index (χ2n) is 5.88. The summed E-state index contributed by atoms with van der Waals surface area (Å²) in [6.07, 6.45) is 3.51. The molecule has 0 amide bonds. The van der Waals surface area contributed by atoms with Gasteiger partial charge in [0, 0.05) is 34.1 Å². The Morgan fingerprint density at radius 1 is 0.885 bits per heavy atom. The van der Waals surface area contributed by atoms with Crippen LogP contribution in [0, 0.1) is 0 Å². The molecule has 4 nitrogen and oxygen atoms in total. The van der Waals surface area contributed by atoms with Gasteiger partial charge < -0.3 is 10.1 Å². The SMILES string of the molecule is OCc1ccc(-c2nc(-c3ccccc3)[nH]c2-c2ccncc2)cc1Cl. The quantitative estimate of drug-likeness (QED) is 0.540. The number of aliphatic hydroxyl groups excluding tert-OH is 1. The molecule has 0 saturated heterocycles. The van der Waals surface area contributed by atoms with Gasteiger partial charge in [0.1, 0.15) is 5.82 Å². The highest BCUT2D eigenvalue weighted by atomic mass is 35.5. The Morgan fingerprint density at radius 3 is 2.35 bits per heavy atom. The minimum atomic E-state index is -0.0911. The number of nitrogens with zero attached hydrogens (tertiary/aromatic N) is 2. The van der Waals surface area contributed by atoms with Crippen LogP contribution in [0.25, 0.3) is 33.9 Å². The summed E-state index contributed by atoms with van der Waals surface area (Å²) < 4.78 is 0. The zero-order valence-electron chi connectivity index (χ0n) is 13.9. The van der Waals surface area contributed by atoms with E-state index in [1.807, 2.05) is 60.7 Å². The molecule has 4 aromatic rings. The molecule has 26 heavy (non-hydrogen) atoms. The molecule has 0 saturated carbocycles. The van der Waals surface area contributed by atoms with Crippen molar-refractivity contribution < 1.29 is 5.11 Å². The lowest BCUT2D eigenvalue weighted by atomic mass is 10.0. The van der Waals surface area contributed by atoms with E-state index >= 15 is 0 Å². The van der Waals surface area contributed by atoms with Crippen LogP contribution in [0.5, 0.6) is 0 Å². The number of halogens is 1. The topological polar surface area (TPSA) is 61.8 Å². The van der Waals surface area contributed by atoms with Crippen molar-refractivity contribution in [1.29, 1.82) is 0 Å². The lowest BCUT2D eigenvalue weighted by Crippen LogP contribution is -1.88. The number of hydrogen-bond donors (Lipinski definition) is 2. The molecule has 0 fully saturated rings. The van der Waals surface area contributed by atoms with Gasteiger partial charge in [0.05, 0.1) is 18.0 Å². The van der Waals surface area contributed by atoms with Gasteiger partial charge in [-0.25, -0.2) is 4.98 Å². The van der Waals surface area contributed by atoms with Crippen LogP contribution in [0.15, 0.2) is 73.1 Å². The Kier molecular flexibility index (Phi) is 4.52. The van der Waals surface area contributed by atoms with E-state index in [0.29, 0.717) is 10.6 Å². The molecule has 0 atom stereocenters. The Morgan fingerprint density at radius 2 is 1.65 bits per heavy atom. The maximum atomic E-state index is 9.35. The lowest BCUT2D eigenvalue weighted by Gasteiger charge is -2.06. The highest BCUT2D eigenvalue weighted by Crippen LogP contribution is 2.34. The van der Waals surface area contributed by atoms with Gasteiger partial charge in [0.25, 0.3) is 0 Å². The number of benzene rings is 2. The van der Waals surface area contributed by atoms with E-state index in [-0.39, 0.29) is 6.61 Å². The van der Waals surface area contributed by atoms with Crippen LogP contribution in [-0.2, 0) is 6.61 Å². The largest absolute Gasteiger partial charge is 0.392 e. The first-order valence-electron chi connectivity index (χ1n) is 8.22. The van der Waals surface area contributed by atoms with E-state index in [1.165, 1.54) is 0 Å². The fourth-order valence-electron chi connectivity index (χ4n) is 2.87. The molecule has 0 bridgehead atoms. The number of aromatic nitrogens is 3. The van der Waals surface area contributed by atoms with Gasteiger partial charge >= 0.3 is 0 Å². The van der Waals surface area contributed by atoms with Crippen molar-refractivity contribution >= 4 is 11.6 Å². The predicted octanol–water partition coefficient (Wildman–Crippen LogP) is 4.95. The van der Waals surface area contributed by atoms with Gasteiger partial charge in [-0.15, -0.1) is 0 Å². The highest BCUT2D eigenvalue weighted by Gasteiger charge is 2.16. The van der Waals surface area contributed by atoms with Crippen molar-refractivity contribution in [1.82, 2.24) is 15.0 Å². The summed E-state index contributed by atoms with van der Waals surface area (Å²) in [6.45, 7) is -0.0911.